The minimum absolute atomic E-state index is 0. The first-order chi connectivity index (χ1) is 9.51. The molecule has 0 radical (unpaired) electrons. The van der Waals surface area contributed by atoms with Gasteiger partial charge in [0, 0.05) is 13.1 Å². The van der Waals surface area contributed by atoms with Crippen molar-refractivity contribution in [3.05, 3.63) is 35.4 Å². The Balaban J connectivity index is 0. The molecule has 0 unspecified atom stereocenters. The number of nitrogens with two attached hydrogens (primary N) is 1. The molecule has 0 heterocycles. The lowest BCUT2D eigenvalue weighted by molar-refractivity contribution is -0.125. The first-order valence-electron chi connectivity index (χ1n) is 6.47. The summed E-state index contributed by atoms with van der Waals surface area (Å²) in [5, 5.41) is 5.17. The van der Waals surface area contributed by atoms with E-state index in [2.05, 4.69) is 21.6 Å². The monoisotopic (exact) mass is 350 g/mol. The molecular weight excluding hydrogens is 327 g/mol. The standard InChI is InChI=1S/C14H22N4O2.2ClH/c1-18(2)10-12-5-3-4-11(6-12)8-16-14(20)9-17-13(19)7-15;;/h3-6H,7-10,15H2,1-2H3,(H,16,20)(H,17,19);2*1H. The number of rotatable bonds is 7. The lowest BCUT2D eigenvalue weighted by Gasteiger charge is -2.11. The number of nitrogens with one attached hydrogen (secondary N) is 2. The van der Waals surface area contributed by atoms with Gasteiger partial charge in [0.15, 0.2) is 0 Å². The van der Waals surface area contributed by atoms with Crippen LogP contribution in [0.15, 0.2) is 24.3 Å². The van der Waals surface area contributed by atoms with Crippen molar-refractivity contribution >= 4 is 36.6 Å². The van der Waals surface area contributed by atoms with E-state index in [4.69, 9.17) is 5.73 Å². The van der Waals surface area contributed by atoms with E-state index in [9.17, 15) is 9.59 Å². The van der Waals surface area contributed by atoms with E-state index in [1.165, 1.54) is 5.56 Å². The Hall–Kier alpha value is -1.34. The molecule has 0 fully saturated rings. The number of hydrogen-bond acceptors (Lipinski definition) is 4. The second-order valence-electron chi connectivity index (χ2n) is 4.82. The summed E-state index contributed by atoms with van der Waals surface area (Å²) in [6.45, 7) is 1.14. The fourth-order valence-electron chi connectivity index (χ4n) is 1.72. The summed E-state index contributed by atoms with van der Waals surface area (Å²) in [6, 6.07) is 8.03. The van der Waals surface area contributed by atoms with E-state index < -0.39 is 0 Å². The zero-order chi connectivity index (χ0) is 15.0. The molecule has 0 saturated heterocycles. The van der Waals surface area contributed by atoms with Gasteiger partial charge in [0.25, 0.3) is 0 Å². The van der Waals surface area contributed by atoms with Gasteiger partial charge in [-0.25, -0.2) is 0 Å². The highest BCUT2D eigenvalue weighted by molar-refractivity contribution is 5.86. The first kappa shape index (κ1) is 22.9. The van der Waals surface area contributed by atoms with Crippen LogP contribution in [0.5, 0.6) is 0 Å². The second-order valence-corrected chi connectivity index (χ2v) is 4.82. The molecule has 0 aliphatic heterocycles. The number of carbonyl (C=O) groups is 2. The van der Waals surface area contributed by atoms with Gasteiger partial charge in [-0.3, -0.25) is 9.59 Å². The Morgan fingerprint density at radius 2 is 1.73 bits per heavy atom. The summed E-state index contributed by atoms with van der Waals surface area (Å²) in [5.41, 5.74) is 7.36. The molecular formula is C14H24Cl2N4O2. The Labute approximate surface area is 143 Å². The smallest absolute Gasteiger partial charge is 0.239 e. The number of nitrogens with zero attached hydrogens (tertiary/aromatic N) is 1. The highest BCUT2D eigenvalue weighted by Gasteiger charge is 2.04. The van der Waals surface area contributed by atoms with Gasteiger partial charge >= 0.3 is 0 Å². The van der Waals surface area contributed by atoms with Gasteiger partial charge in [-0.05, 0) is 25.2 Å². The summed E-state index contributed by atoms with van der Waals surface area (Å²) in [6.07, 6.45) is 0. The molecule has 0 aromatic heterocycles. The lowest BCUT2D eigenvalue weighted by atomic mass is 10.1. The molecule has 6 nitrogen and oxygen atoms in total. The number of halogens is 2. The fraction of sp³-hybridized carbons (Fsp3) is 0.429. The van der Waals surface area contributed by atoms with Gasteiger partial charge in [0.2, 0.25) is 11.8 Å². The van der Waals surface area contributed by atoms with Crippen LogP contribution < -0.4 is 16.4 Å². The highest BCUT2D eigenvalue weighted by Crippen LogP contribution is 2.06. The van der Waals surface area contributed by atoms with Gasteiger partial charge in [-0.2, -0.15) is 0 Å². The van der Waals surface area contributed by atoms with E-state index in [1.54, 1.807) is 0 Å². The Morgan fingerprint density at radius 1 is 1.09 bits per heavy atom. The van der Waals surface area contributed by atoms with Gasteiger partial charge in [-0.1, -0.05) is 24.3 Å². The van der Waals surface area contributed by atoms with E-state index in [0.29, 0.717) is 6.54 Å². The van der Waals surface area contributed by atoms with Crippen LogP contribution in [0.2, 0.25) is 0 Å². The third-order valence-electron chi connectivity index (χ3n) is 2.61. The first-order valence-corrected chi connectivity index (χ1v) is 6.47. The Morgan fingerprint density at radius 3 is 2.32 bits per heavy atom. The Bertz CT molecular complexity index is 470. The van der Waals surface area contributed by atoms with Crippen LogP contribution in [0.1, 0.15) is 11.1 Å². The van der Waals surface area contributed by atoms with E-state index >= 15 is 0 Å². The van der Waals surface area contributed by atoms with E-state index in [1.807, 2.05) is 32.3 Å². The van der Waals surface area contributed by atoms with Crippen molar-refractivity contribution in [2.45, 2.75) is 13.1 Å². The third kappa shape index (κ3) is 9.57. The number of carbonyl (C=O) groups excluding carboxylic acids is 2. The summed E-state index contributed by atoms with van der Waals surface area (Å²) >= 11 is 0. The van der Waals surface area contributed by atoms with Crippen molar-refractivity contribution in [3.8, 4) is 0 Å². The van der Waals surface area contributed by atoms with Crippen molar-refractivity contribution < 1.29 is 9.59 Å². The molecule has 2 amide bonds. The van der Waals surface area contributed by atoms with Crippen molar-refractivity contribution in [1.82, 2.24) is 15.5 Å². The normalized spacial score (nSPS) is 9.45. The molecule has 1 aromatic rings. The topological polar surface area (TPSA) is 87.5 Å². The van der Waals surface area contributed by atoms with Crippen LogP contribution in [-0.4, -0.2) is 43.9 Å². The van der Waals surface area contributed by atoms with Crippen molar-refractivity contribution in [1.29, 1.82) is 0 Å². The van der Waals surface area contributed by atoms with Crippen LogP contribution in [0.3, 0.4) is 0 Å². The van der Waals surface area contributed by atoms with Crippen LogP contribution in [0, 0.1) is 0 Å². The average molecular weight is 351 g/mol. The minimum Gasteiger partial charge on any atom is -0.350 e. The lowest BCUT2D eigenvalue weighted by Crippen LogP contribution is -2.39. The zero-order valence-corrected chi connectivity index (χ0v) is 14.4. The fourth-order valence-corrected chi connectivity index (χ4v) is 1.72. The molecule has 0 aliphatic carbocycles. The van der Waals surface area contributed by atoms with Gasteiger partial charge < -0.3 is 21.3 Å². The molecule has 8 heteroatoms. The van der Waals surface area contributed by atoms with Gasteiger partial charge in [0.05, 0.1) is 13.1 Å². The summed E-state index contributed by atoms with van der Waals surface area (Å²) < 4.78 is 0. The maximum Gasteiger partial charge on any atom is 0.239 e. The summed E-state index contributed by atoms with van der Waals surface area (Å²) in [4.78, 5) is 24.5. The summed E-state index contributed by atoms with van der Waals surface area (Å²) in [7, 11) is 4.02. The number of amides is 2. The highest BCUT2D eigenvalue weighted by atomic mass is 35.5. The molecule has 0 atom stereocenters. The molecule has 1 aromatic carbocycles. The molecule has 0 saturated carbocycles. The quantitative estimate of drug-likeness (QED) is 0.659. The van der Waals surface area contributed by atoms with Crippen LogP contribution in [0.4, 0.5) is 0 Å². The van der Waals surface area contributed by atoms with Gasteiger partial charge in [0.1, 0.15) is 0 Å². The van der Waals surface area contributed by atoms with Gasteiger partial charge in [-0.15, -0.1) is 24.8 Å². The third-order valence-corrected chi connectivity index (χ3v) is 2.61. The van der Waals surface area contributed by atoms with E-state index in [0.717, 1.165) is 12.1 Å². The Kier molecular flexibility index (Phi) is 12.7. The zero-order valence-electron chi connectivity index (χ0n) is 12.8. The van der Waals surface area contributed by atoms with E-state index in [-0.39, 0.29) is 49.7 Å². The number of hydrogen-bond donors (Lipinski definition) is 3. The maximum absolute atomic E-state index is 11.5. The molecule has 1 rings (SSSR count). The van der Waals surface area contributed by atoms with Crippen LogP contribution >= 0.6 is 24.8 Å². The predicted molar refractivity (Wildman–Crippen MR) is 92.2 cm³/mol. The molecule has 126 valence electrons. The van der Waals surface area contributed by atoms with Crippen molar-refractivity contribution in [2.75, 3.05) is 27.2 Å². The molecule has 0 bridgehead atoms. The predicted octanol–water partition coefficient (Wildman–Crippen LogP) is 0.283. The maximum atomic E-state index is 11.5. The summed E-state index contributed by atoms with van der Waals surface area (Å²) in [5.74, 6) is -0.571. The number of benzene rings is 1. The van der Waals surface area contributed by atoms with Crippen molar-refractivity contribution in [2.24, 2.45) is 5.73 Å². The molecule has 0 aliphatic rings. The minimum atomic E-state index is -0.340. The largest absolute Gasteiger partial charge is 0.350 e. The SMILES string of the molecule is CN(C)Cc1cccc(CNC(=O)CNC(=O)CN)c1.Cl.Cl. The van der Waals surface area contributed by atoms with Crippen LogP contribution in [-0.2, 0) is 22.7 Å². The van der Waals surface area contributed by atoms with Crippen LogP contribution in [0.25, 0.3) is 0 Å². The molecule has 22 heavy (non-hydrogen) atoms. The van der Waals surface area contributed by atoms with Crippen molar-refractivity contribution in [3.63, 3.8) is 0 Å². The average Bonchev–Trinajstić information content (AvgIpc) is 2.42. The molecule has 4 N–H and O–H groups in total. The second kappa shape index (κ2) is 12.2. The molecule has 0 spiro atoms.